The number of hydrogen-bond acceptors (Lipinski definition) is 3. The number of imidazole rings is 1. The Labute approximate surface area is 107 Å². The number of aromatic nitrogens is 2. The summed E-state index contributed by atoms with van der Waals surface area (Å²) in [7, 11) is 2.01. The van der Waals surface area contributed by atoms with E-state index in [0.717, 1.165) is 36.2 Å². The molecule has 1 fully saturated rings. The molecule has 2 unspecified atom stereocenters. The maximum Gasteiger partial charge on any atom is 0.112 e. The van der Waals surface area contributed by atoms with Crippen LogP contribution in [0.4, 0.5) is 0 Å². The van der Waals surface area contributed by atoms with Crippen molar-refractivity contribution < 1.29 is 5.11 Å². The monoisotopic (exact) mass is 245 g/mol. The molecular weight excluding hydrogens is 226 g/mol. The van der Waals surface area contributed by atoms with Crippen molar-refractivity contribution in [3.05, 3.63) is 30.1 Å². The van der Waals surface area contributed by atoms with Crippen LogP contribution in [0.5, 0.6) is 0 Å². The topological polar surface area (TPSA) is 50.1 Å². The molecule has 0 radical (unpaired) electrons. The van der Waals surface area contributed by atoms with Crippen molar-refractivity contribution in [1.82, 2.24) is 14.9 Å². The Balaban J connectivity index is 1.83. The van der Waals surface area contributed by atoms with Crippen LogP contribution in [0.2, 0.25) is 0 Å². The molecule has 96 valence electrons. The van der Waals surface area contributed by atoms with Gasteiger partial charge in [-0.25, -0.2) is 4.98 Å². The summed E-state index contributed by atoms with van der Waals surface area (Å²) in [6.07, 6.45) is 2.49. The highest BCUT2D eigenvalue weighted by molar-refractivity contribution is 5.75. The summed E-state index contributed by atoms with van der Waals surface area (Å²) in [4.78, 5) is 4.60. The molecule has 3 rings (SSSR count). The van der Waals surface area contributed by atoms with Crippen LogP contribution in [-0.4, -0.2) is 33.3 Å². The molecule has 1 aliphatic rings. The van der Waals surface area contributed by atoms with Gasteiger partial charge in [0, 0.05) is 19.5 Å². The Morgan fingerprint density at radius 3 is 3.06 bits per heavy atom. The van der Waals surface area contributed by atoms with Crippen molar-refractivity contribution in [1.29, 1.82) is 0 Å². The number of nitrogens with one attached hydrogen (secondary N) is 1. The molecule has 4 heteroatoms. The first-order chi connectivity index (χ1) is 8.75. The van der Waals surface area contributed by atoms with E-state index in [0.29, 0.717) is 6.42 Å². The summed E-state index contributed by atoms with van der Waals surface area (Å²) in [6.45, 7) is 1.02. The molecule has 2 atom stereocenters. The SMILES string of the molecule is Cn1c(CC(O)C2CCCN2)nc2ccccc21. The van der Waals surface area contributed by atoms with Crippen LogP contribution in [0.3, 0.4) is 0 Å². The van der Waals surface area contributed by atoms with Gasteiger partial charge in [-0.1, -0.05) is 12.1 Å². The maximum absolute atomic E-state index is 10.2. The molecule has 1 aromatic carbocycles. The van der Waals surface area contributed by atoms with Crippen LogP contribution < -0.4 is 5.32 Å². The highest BCUT2D eigenvalue weighted by atomic mass is 16.3. The third-order valence-corrected chi connectivity index (χ3v) is 3.83. The minimum atomic E-state index is -0.344. The standard InChI is InChI=1S/C14H19N3O/c1-17-12-7-3-2-5-10(12)16-14(17)9-13(18)11-6-4-8-15-11/h2-3,5,7,11,13,15,18H,4,6,8-9H2,1H3. The number of nitrogens with zero attached hydrogens (tertiary/aromatic N) is 2. The lowest BCUT2D eigenvalue weighted by atomic mass is 10.1. The van der Waals surface area contributed by atoms with Crippen LogP contribution in [0.15, 0.2) is 24.3 Å². The van der Waals surface area contributed by atoms with E-state index < -0.39 is 0 Å². The van der Waals surface area contributed by atoms with Crippen molar-refractivity contribution in [3.63, 3.8) is 0 Å². The largest absolute Gasteiger partial charge is 0.391 e. The maximum atomic E-state index is 10.2. The van der Waals surface area contributed by atoms with Crippen molar-refractivity contribution in [2.45, 2.75) is 31.4 Å². The Morgan fingerprint density at radius 1 is 1.50 bits per heavy atom. The van der Waals surface area contributed by atoms with Crippen LogP contribution in [0, 0.1) is 0 Å². The Kier molecular flexibility index (Phi) is 3.06. The summed E-state index contributed by atoms with van der Waals surface area (Å²) in [5.74, 6) is 0.956. The summed E-state index contributed by atoms with van der Waals surface area (Å²) in [6, 6.07) is 8.31. The van der Waals surface area contributed by atoms with E-state index in [1.807, 2.05) is 25.2 Å². The fraction of sp³-hybridized carbons (Fsp3) is 0.500. The molecule has 2 N–H and O–H groups in total. The number of aliphatic hydroxyl groups is 1. The Morgan fingerprint density at radius 2 is 2.33 bits per heavy atom. The van der Waals surface area contributed by atoms with Crippen molar-refractivity contribution >= 4 is 11.0 Å². The minimum absolute atomic E-state index is 0.227. The molecule has 0 bridgehead atoms. The Bertz CT molecular complexity index is 543. The number of hydrogen-bond donors (Lipinski definition) is 2. The molecular formula is C14H19N3O. The predicted octanol–water partition coefficient (Wildman–Crippen LogP) is 1.23. The lowest BCUT2D eigenvalue weighted by Gasteiger charge is -2.17. The molecule has 0 spiro atoms. The first kappa shape index (κ1) is 11.7. The zero-order valence-electron chi connectivity index (χ0n) is 10.6. The third-order valence-electron chi connectivity index (χ3n) is 3.83. The van der Waals surface area contributed by atoms with Gasteiger partial charge >= 0.3 is 0 Å². The smallest absolute Gasteiger partial charge is 0.112 e. The summed E-state index contributed by atoms with van der Waals surface area (Å²) in [5, 5.41) is 13.6. The second-order valence-corrected chi connectivity index (χ2v) is 5.05. The second kappa shape index (κ2) is 4.71. The zero-order valence-corrected chi connectivity index (χ0v) is 10.6. The molecule has 1 saturated heterocycles. The van der Waals surface area contributed by atoms with Gasteiger partial charge in [0.15, 0.2) is 0 Å². The van der Waals surface area contributed by atoms with Crippen molar-refractivity contribution in [3.8, 4) is 0 Å². The fourth-order valence-corrected chi connectivity index (χ4v) is 2.75. The number of rotatable bonds is 3. The van der Waals surface area contributed by atoms with Gasteiger partial charge in [-0.15, -0.1) is 0 Å². The molecule has 1 aliphatic heterocycles. The average Bonchev–Trinajstić information content (AvgIpc) is 3.00. The lowest BCUT2D eigenvalue weighted by Crippen LogP contribution is -2.36. The van der Waals surface area contributed by atoms with Crippen LogP contribution in [0.25, 0.3) is 11.0 Å². The summed E-state index contributed by atoms with van der Waals surface area (Å²) >= 11 is 0. The van der Waals surface area contributed by atoms with Gasteiger partial charge < -0.3 is 15.0 Å². The fourth-order valence-electron chi connectivity index (χ4n) is 2.75. The molecule has 18 heavy (non-hydrogen) atoms. The summed E-state index contributed by atoms with van der Waals surface area (Å²) < 4.78 is 2.08. The molecule has 1 aromatic heterocycles. The van der Waals surface area contributed by atoms with Gasteiger partial charge in [0.25, 0.3) is 0 Å². The zero-order chi connectivity index (χ0) is 12.5. The van der Waals surface area contributed by atoms with E-state index >= 15 is 0 Å². The number of aryl methyl sites for hydroxylation is 1. The van der Waals surface area contributed by atoms with Crippen molar-refractivity contribution in [2.75, 3.05) is 6.54 Å². The van der Waals surface area contributed by atoms with Gasteiger partial charge in [-0.3, -0.25) is 0 Å². The van der Waals surface area contributed by atoms with Gasteiger partial charge in [0.2, 0.25) is 0 Å². The third kappa shape index (κ3) is 2.02. The van der Waals surface area contributed by atoms with Crippen LogP contribution in [-0.2, 0) is 13.5 Å². The molecule has 0 amide bonds. The average molecular weight is 245 g/mol. The van der Waals surface area contributed by atoms with Crippen LogP contribution in [0.1, 0.15) is 18.7 Å². The van der Waals surface area contributed by atoms with Gasteiger partial charge in [0.1, 0.15) is 5.82 Å². The number of fused-ring (bicyclic) bond motifs is 1. The van der Waals surface area contributed by atoms with E-state index in [1.165, 1.54) is 0 Å². The molecule has 0 saturated carbocycles. The van der Waals surface area contributed by atoms with E-state index in [2.05, 4.69) is 20.9 Å². The van der Waals surface area contributed by atoms with E-state index in [9.17, 15) is 5.11 Å². The number of benzene rings is 1. The van der Waals surface area contributed by atoms with Crippen LogP contribution >= 0.6 is 0 Å². The normalized spacial score (nSPS) is 21.6. The quantitative estimate of drug-likeness (QED) is 0.855. The van der Waals surface area contributed by atoms with E-state index in [1.54, 1.807) is 0 Å². The second-order valence-electron chi connectivity index (χ2n) is 5.05. The highest BCUT2D eigenvalue weighted by Gasteiger charge is 2.24. The summed E-state index contributed by atoms with van der Waals surface area (Å²) in [5.41, 5.74) is 2.13. The minimum Gasteiger partial charge on any atom is -0.391 e. The molecule has 2 aromatic rings. The molecule has 4 nitrogen and oxygen atoms in total. The van der Waals surface area contributed by atoms with Gasteiger partial charge in [0.05, 0.1) is 17.1 Å². The Hall–Kier alpha value is -1.39. The number of para-hydroxylation sites is 2. The molecule has 2 heterocycles. The van der Waals surface area contributed by atoms with E-state index in [4.69, 9.17) is 0 Å². The lowest BCUT2D eigenvalue weighted by molar-refractivity contribution is 0.133. The first-order valence-electron chi connectivity index (χ1n) is 6.57. The predicted molar refractivity (Wildman–Crippen MR) is 71.4 cm³/mol. The highest BCUT2D eigenvalue weighted by Crippen LogP contribution is 2.18. The van der Waals surface area contributed by atoms with Gasteiger partial charge in [-0.2, -0.15) is 0 Å². The van der Waals surface area contributed by atoms with Crippen molar-refractivity contribution in [2.24, 2.45) is 7.05 Å². The van der Waals surface area contributed by atoms with E-state index in [-0.39, 0.29) is 12.1 Å². The van der Waals surface area contributed by atoms with Gasteiger partial charge in [-0.05, 0) is 31.5 Å². The first-order valence-corrected chi connectivity index (χ1v) is 6.57. The molecule has 0 aliphatic carbocycles. The number of aliphatic hydroxyl groups excluding tert-OH is 1.